The summed E-state index contributed by atoms with van der Waals surface area (Å²) < 4.78 is 0. The van der Waals surface area contributed by atoms with Crippen LogP contribution in [0, 0.1) is 0 Å². The first-order valence-corrected chi connectivity index (χ1v) is 5.81. The van der Waals surface area contributed by atoms with E-state index in [2.05, 4.69) is 5.32 Å². The van der Waals surface area contributed by atoms with Crippen molar-refractivity contribution in [1.82, 2.24) is 5.32 Å². The number of nitrogens with one attached hydrogen (secondary N) is 1. The van der Waals surface area contributed by atoms with Crippen LogP contribution in [-0.4, -0.2) is 51.4 Å². The molecule has 1 fully saturated rings. The zero-order chi connectivity index (χ0) is 13.3. The fraction of sp³-hybridized carbons (Fsp3) is 0.500. The van der Waals surface area contributed by atoms with Crippen LogP contribution in [0.3, 0.4) is 0 Å². The first-order chi connectivity index (χ1) is 8.54. The van der Waals surface area contributed by atoms with Gasteiger partial charge in [0.15, 0.2) is 0 Å². The maximum atomic E-state index is 9.96. The highest BCUT2D eigenvalue weighted by Crippen LogP contribution is 2.27. The number of nitrogens with two attached hydrogens (primary N) is 1. The molecule has 18 heavy (non-hydrogen) atoms. The Labute approximate surface area is 105 Å². The minimum Gasteiger partial charge on any atom is -0.399 e. The van der Waals surface area contributed by atoms with Crippen molar-refractivity contribution in [3.63, 3.8) is 0 Å². The van der Waals surface area contributed by atoms with E-state index < -0.39 is 30.4 Å². The Balaban J connectivity index is 2.24. The van der Waals surface area contributed by atoms with Crippen molar-refractivity contribution in [2.75, 3.05) is 12.3 Å². The molecule has 1 saturated heterocycles. The van der Waals surface area contributed by atoms with Crippen LogP contribution in [0.25, 0.3) is 0 Å². The zero-order valence-electron chi connectivity index (χ0n) is 9.77. The van der Waals surface area contributed by atoms with Gasteiger partial charge in [0.2, 0.25) is 0 Å². The Morgan fingerprint density at radius 1 is 1.00 bits per heavy atom. The molecule has 0 radical (unpaired) electrons. The van der Waals surface area contributed by atoms with Gasteiger partial charge in [0.1, 0.15) is 12.2 Å². The molecule has 7 N–H and O–H groups in total. The van der Waals surface area contributed by atoms with Crippen molar-refractivity contribution in [3.8, 4) is 0 Å². The van der Waals surface area contributed by atoms with Crippen LogP contribution >= 0.6 is 0 Å². The number of aliphatic hydroxyl groups is 4. The van der Waals surface area contributed by atoms with Crippen LogP contribution in [0.15, 0.2) is 24.3 Å². The first kappa shape index (κ1) is 13.3. The molecule has 6 nitrogen and oxygen atoms in total. The Morgan fingerprint density at radius 3 is 2.17 bits per heavy atom. The summed E-state index contributed by atoms with van der Waals surface area (Å²) in [6.07, 6.45) is -3.65. The average Bonchev–Trinajstić information content (AvgIpc) is 2.38. The lowest BCUT2D eigenvalue weighted by atomic mass is 9.87. The van der Waals surface area contributed by atoms with Gasteiger partial charge in [0.05, 0.1) is 24.8 Å². The number of hydrogen-bond acceptors (Lipinski definition) is 6. The summed E-state index contributed by atoms with van der Waals surface area (Å²) >= 11 is 0. The van der Waals surface area contributed by atoms with Crippen molar-refractivity contribution < 1.29 is 20.4 Å². The summed E-state index contributed by atoms with van der Waals surface area (Å²) in [5.41, 5.74) is 6.92. The van der Waals surface area contributed by atoms with Crippen molar-refractivity contribution in [1.29, 1.82) is 0 Å². The fourth-order valence-corrected chi connectivity index (χ4v) is 2.22. The van der Waals surface area contributed by atoms with Gasteiger partial charge in [-0.05, 0) is 17.7 Å². The monoisotopic (exact) mass is 254 g/mol. The number of hydrogen-bond donors (Lipinski definition) is 6. The lowest BCUT2D eigenvalue weighted by Gasteiger charge is -2.41. The molecule has 0 bridgehead atoms. The number of anilines is 1. The molecule has 6 heteroatoms. The molecule has 100 valence electrons. The molecule has 1 aromatic carbocycles. The van der Waals surface area contributed by atoms with E-state index in [9.17, 15) is 15.3 Å². The van der Waals surface area contributed by atoms with Gasteiger partial charge in [-0.3, -0.25) is 0 Å². The highest BCUT2D eigenvalue weighted by molar-refractivity contribution is 5.40. The minimum atomic E-state index is -1.30. The third-order valence-corrected chi connectivity index (χ3v) is 3.34. The van der Waals surface area contributed by atoms with Gasteiger partial charge >= 0.3 is 0 Å². The van der Waals surface area contributed by atoms with Crippen molar-refractivity contribution in [3.05, 3.63) is 29.8 Å². The fourth-order valence-electron chi connectivity index (χ4n) is 2.22. The van der Waals surface area contributed by atoms with Crippen LogP contribution < -0.4 is 11.1 Å². The summed E-state index contributed by atoms with van der Waals surface area (Å²) in [6, 6.07) is 5.61. The van der Waals surface area contributed by atoms with E-state index in [4.69, 9.17) is 10.8 Å². The normalized spacial score (nSPS) is 36.6. The molecule has 2 rings (SSSR count). The van der Waals surface area contributed by atoms with Gasteiger partial charge < -0.3 is 31.5 Å². The summed E-state index contributed by atoms with van der Waals surface area (Å²) in [7, 11) is 0. The predicted molar refractivity (Wildman–Crippen MR) is 65.6 cm³/mol. The topological polar surface area (TPSA) is 119 Å². The molecular formula is C12H18N2O4. The van der Waals surface area contributed by atoms with Crippen LogP contribution in [0.2, 0.25) is 0 Å². The van der Waals surface area contributed by atoms with Gasteiger partial charge in [0, 0.05) is 5.69 Å². The van der Waals surface area contributed by atoms with E-state index >= 15 is 0 Å². The summed E-state index contributed by atoms with van der Waals surface area (Å²) in [4.78, 5) is 0. The van der Waals surface area contributed by atoms with Gasteiger partial charge in [0.25, 0.3) is 0 Å². The molecule has 1 aliphatic heterocycles. The predicted octanol–water partition coefficient (Wildman–Crippen LogP) is -1.64. The van der Waals surface area contributed by atoms with E-state index in [1.807, 2.05) is 0 Å². The third kappa shape index (κ3) is 2.33. The largest absolute Gasteiger partial charge is 0.399 e. The standard InChI is InChI=1S/C12H18N2O4/c13-7-3-1-6(2-4-7)9-11(17)12(18)10(16)8(5-15)14-9/h1-4,8-12,14-18H,5,13H2/t8-,9+,10-,11-,12+/m1/s1. The number of aliphatic hydroxyl groups excluding tert-OH is 4. The molecule has 1 aromatic rings. The summed E-state index contributed by atoms with van der Waals surface area (Å²) in [6.45, 7) is -0.323. The molecule has 1 aliphatic rings. The number of benzene rings is 1. The number of nitrogen functional groups attached to an aromatic ring is 1. The van der Waals surface area contributed by atoms with Gasteiger partial charge in [-0.15, -0.1) is 0 Å². The zero-order valence-corrected chi connectivity index (χ0v) is 9.77. The van der Waals surface area contributed by atoms with Crippen molar-refractivity contribution in [2.45, 2.75) is 30.4 Å². The maximum absolute atomic E-state index is 9.96. The van der Waals surface area contributed by atoms with E-state index in [1.165, 1.54) is 0 Å². The van der Waals surface area contributed by atoms with Crippen LogP contribution in [0.5, 0.6) is 0 Å². The lowest BCUT2D eigenvalue weighted by molar-refractivity contribution is -0.120. The molecule has 1 heterocycles. The SMILES string of the molecule is Nc1ccc([C@@H]2N[C@H](CO)[C@@H](O)[C@H](O)[C@@H]2O)cc1. The van der Waals surface area contributed by atoms with Crippen molar-refractivity contribution in [2.24, 2.45) is 0 Å². The molecular weight excluding hydrogens is 236 g/mol. The Hall–Kier alpha value is -1.18. The van der Waals surface area contributed by atoms with E-state index in [0.717, 1.165) is 5.56 Å². The highest BCUT2D eigenvalue weighted by Gasteiger charge is 2.42. The number of rotatable bonds is 2. The molecule has 0 aromatic heterocycles. The molecule has 0 aliphatic carbocycles. The van der Waals surface area contributed by atoms with Crippen LogP contribution in [-0.2, 0) is 0 Å². The maximum Gasteiger partial charge on any atom is 0.109 e. The molecule has 0 unspecified atom stereocenters. The van der Waals surface area contributed by atoms with Gasteiger partial charge in [-0.25, -0.2) is 0 Å². The van der Waals surface area contributed by atoms with Crippen LogP contribution in [0.4, 0.5) is 5.69 Å². The number of piperidine rings is 1. The molecule has 0 saturated carbocycles. The van der Waals surface area contributed by atoms with E-state index in [1.54, 1.807) is 24.3 Å². The second-order valence-corrected chi connectivity index (χ2v) is 4.57. The van der Waals surface area contributed by atoms with Crippen LogP contribution in [0.1, 0.15) is 11.6 Å². The summed E-state index contributed by atoms with van der Waals surface area (Å²) in [5, 5.41) is 41.4. The smallest absolute Gasteiger partial charge is 0.109 e. The summed E-state index contributed by atoms with van der Waals surface area (Å²) in [5.74, 6) is 0. The van der Waals surface area contributed by atoms with Crippen molar-refractivity contribution >= 4 is 5.69 Å². The molecule has 5 atom stereocenters. The minimum absolute atomic E-state index is 0.323. The molecule has 0 spiro atoms. The highest BCUT2D eigenvalue weighted by atomic mass is 16.4. The first-order valence-electron chi connectivity index (χ1n) is 5.81. The Morgan fingerprint density at radius 2 is 1.61 bits per heavy atom. The van der Waals surface area contributed by atoms with Gasteiger partial charge in [-0.1, -0.05) is 12.1 Å². The van der Waals surface area contributed by atoms with Gasteiger partial charge in [-0.2, -0.15) is 0 Å². The molecule has 0 amide bonds. The Kier molecular flexibility index (Phi) is 3.84. The second-order valence-electron chi connectivity index (χ2n) is 4.57. The third-order valence-electron chi connectivity index (χ3n) is 3.34. The van der Waals surface area contributed by atoms with E-state index in [0.29, 0.717) is 5.69 Å². The lowest BCUT2D eigenvalue weighted by Crippen LogP contribution is -2.62. The quantitative estimate of drug-likeness (QED) is 0.352. The Bertz CT molecular complexity index is 396. The second kappa shape index (κ2) is 5.21. The average molecular weight is 254 g/mol. The van der Waals surface area contributed by atoms with E-state index in [-0.39, 0.29) is 6.61 Å².